The number of fused-ring (bicyclic) bond motifs is 1. The summed E-state index contributed by atoms with van der Waals surface area (Å²) in [6.45, 7) is 2.27. The summed E-state index contributed by atoms with van der Waals surface area (Å²) in [4.78, 5) is 11.9. The molecule has 0 atom stereocenters. The number of hydrogen-bond donors (Lipinski definition) is 1. The lowest BCUT2D eigenvalue weighted by Crippen LogP contribution is -2.15. The Bertz CT molecular complexity index is 882. The Hall–Kier alpha value is -2.95. The van der Waals surface area contributed by atoms with Gasteiger partial charge in [-0.05, 0) is 30.7 Å². The lowest BCUT2D eigenvalue weighted by molar-refractivity contribution is -0.143. The van der Waals surface area contributed by atoms with E-state index in [0.29, 0.717) is 18.8 Å². The number of anilines is 1. The number of para-hydroxylation sites is 1. The number of nitrogens with two attached hydrogens (primary N) is 1. The van der Waals surface area contributed by atoms with Crippen LogP contribution in [0.4, 0.5) is 5.82 Å². The molecule has 5 nitrogen and oxygen atoms in total. The fourth-order valence-corrected chi connectivity index (χ4v) is 3.03. The van der Waals surface area contributed by atoms with Crippen LogP contribution in [0.1, 0.15) is 18.1 Å². The molecule has 1 aromatic heterocycles. The van der Waals surface area contributed by atoms with Gasteiger partial charge in [0.2, 0.25) is 0 Å². The standard InChI is InChI=1S/C20H22N2O3/c1-3-25-19(23)13-22-18-7-5-4-6-16(18)17(20(22)21)12-14-8-10-15(24-2)11-9-14/h4-11H,3,12-13,21H2,1-2H3. The van der Waals surface area contributed by atoms with Crippen LogP contribution < -0.4 is 10.5 Å². The minimum absolute atomic E-state index is 0.114. The monoisotopic (exact) mass is 338 g/mol. The highest BCUT2D eigenvalue weighted by Crippen LogP contribution is 2.30. The topological polar surface area (TPSA) is 66.5 Å². The van der Waals surface area contributed by atoms with E-state index in [9.17, 15) is 4.79 Å². The summed E-state index contributed by atoms with van der Waals surface area (Å²) in [5.41, 5.74) is 9.49. The molecule has 0 saturated heterocycles. The van der Waals surface area contributed by atoms with Gasteiger partial charge in [0.05, 0.1) is 19.2 Å². The van der Waals surface area contributed by atoms with Crippen molar-refractivity contribution in [1.29, 1.82) is 0 Å². The fraction of sp³-hybridized carbons (Fsp3) is 0.250. The number of nitrogen functional groups attached to an aromatic ring is 1. The number of esters is 1. The first-order chi connectivity index (χ1) is 12.1. The van der Waals surface area contributed by atoms with Crippen molar-refractivity contribution in [3.05, 3.63) is 59.7 Å². The largest absolute Gasteiger partial charge is 0.497 e. The van der Waals surface area contributed by atoms with Crippen molar-refractivity contribution >= 4 is 22.7 Å². The third-order valence-electron chi connectivity index (χ3n) is 4.25. The Morgan fingerprint density at radius 2 is 1.84 bits per heavy atom. The number of benzene rings is 2. The second-order valence-corrected chi connectivity index (χ2v) is 5.80. The van der Waals surface area contributed by atoms with E-state index in [1.807, 2.05) is 53.1 Å². The zero-order valence-electron chi connectivity index (χ0n) is 14.5. The minimum atomic E-state index is -0.286. The number of aromatic nitrogens is 1. The molecule has 0 unspecified atom stereocenters. The Kier molecular flexibility index (Phi) is 4.93. The molecule has 3 aromatic rings. The Balaban J connectivity index is 1.99. The smallest absolute Gasteiger partial charge is 0.326 e. The Morgan fingerprint density at radius 1 is 1.12 bits per heavy atom. The molecular formula is C20H22N2O3. The van der Waals surface area contributed by atoms with Crippen LogP contribution in [-0.4, -0.2) is 24.3 Å². The predicted octanol–water partition coefficient (Wildman–Crippen LogP) is 3.39. The number of carbonyl (C=O) groups excluding carboxylic acids is 1. The number of methoxy groups -OCH3 is 1. The van der Waals surface area contributed by atoms with E-state index in [4.69, 9.17) is 15.2 Å². The van der Waals surface area contributed by atoms with E-state index in [2.05, 4.69) is 0 Å². The first-order valence-electron chi connectivity index (χ1n) is 8.28. The molecule has 0 saturated carbocycles. The van der Waals surface area contributed by atoms with Crippen LogP contribution in [0.15, 0.2) is 48.5 Å². The molecule has 130 valence electrons. The number of ether oxygens (including phenoxy) is 2. The first-order valence-corrected chi connectivity index (χ1v) is 8.28. The molecule has 1 heterocycles. The number of rotatable bonds is 6. The first kappa shape index (κ1) is 16.9. The maximum absolute atomic E-state index is 11.9. The molecule has 0 radical (unpaired) electrons. The summed E-state index contributed by atoms with van der Waals surface area (Å²) in [6, 6.07) is 15.8. The Labute approximate surface area is 147 Å². The summed E-state index contributed by atoms with van der Waals surface area (Å²) in [6.07, 6.45) is 0.687. The molecule has 3 rings (SSSR count). The number of nitrogens with zero attached hydrogens (tertiary/aromatic N) is 1. The van der Waals surface area contributed by atoms with Gasteiger partial charge in [0.1, 0.15) is 18.1 Å². The van der Waals surface area contributed by atoms with Crippen LogP contribution in [-0.2, 0) is 22.5 Å². The van der Waals surface area contributed by atoms with Crippen LogP contribution in [0.25, 0.3) is 10.9 Å². The average Bonchev–Trinajstić information content (AvgIpc) is 2.88. The van der Waals surface area contributed by atoms with Crippen molar-refractivity contribution in [2.24, 2.45) is 0 Å². The number of carbonyl (C=O) groups is 1. The highest BCUT2D eigenvalue weighted by molar-refractivity contribution is 5.91. The zero-order valence-corrected chi connectivity index (χ0v) is 14.5. The zero-order chi connectivity index (χ0) is 17.8. The van der Waals surface area contributed by atoms with Gasteiger partial charge >= 0.3 is 5.97 Å². The van der Waals surface area contributed by atoms with Gasteiger partial charge in [-0.15, -0.1) is 0 Å². The van der Waals surface area contributed by atoms with E-state index >= 15 is 0 Å². The van der Waals surface area contributed by atoms with Gasteiger partial charge in [-0.25, -0.2) is 0 Å². The minimum Gasteiger partial charge on any atom is -0.497 e. The lowest BCUT2D eigenvalue weighted by Gasteiger charge is -2.08. The number of hydrogen-bond acceptors (Lipinski definition) is 4. The molecule has 25 heavy (non-hydrogen) atoms. The van der Waals surface area contributed by atoms with E-state index in [1.165, 1.54) is 0 Å². The van der Waals surface area contributed by atoms with E-state index in [0.717, 1.165) is 27.8 Å². The normalized spacial score (nSPS) is 10.8. The van der Waals surface area contributed by atoms with Crippen molar-refractivity contribution in [3.63, 3.8) is 0 Å². The summed E-state index contributed by atoms with van der Waals surface area (Å²) < 4.78 is 12.1. The maximum Gasteiger partial charge on any atom is 0.326 e. The van der Waals surface area contributed by atoms with Gasteiger partial charge in [-0.1, -0.05) is 30.3 Å². The van der Waals surface area contributed by atoms with E-state index in [-0.39, 0.29) is 12.5 Å². The predicted molar refractivity (Wildman–Crippen MR) is 98.8 cm³/mol. The highest BCUT2D eigenvalue weighted by Gasteiger charge is 2.17. The molecule has 0 spiro atoms. The van der Waals surface area contributed by atoms with Crippen molar-refractivity contribution in [3.8, 4) is 5.75 Å². The SMILES string of the molecule is CCOC(=O)Cn1c(N)c(Cc2ccc(OC)cc2)c2ccccc21. The summed E-state index contributed by atoms with van der Waals surface area (Å²) in [7, 11) is 1.65. The van der Waals surface area contributed by atoms with Crippen molar-refractivity contribution in [2.75, 3.05) is 19.5 Å². The van der Waals surface area contributed by atoms with Crippen molar-refractivity contribution in [1.82, 2.24) is 4.57 Å². The van der Waals surface area contributed by atoms with Crippen molar-refractivity contribution < 1.29 is 14.3 Å². The molecule has 0 aliphatic carbocycles. The fourth-order valence-electron chi connectivity index (χ4n) is 3.03. The van der Waals surface area contributed by atoms with Crippen LogP contribution in [0.2, 0.25) is 0 Å². The molecular weight excluding hydrogens is 316 g/mol. The second-order valence-electron chi connectivity index (χ2n) is 5.80. The van der Waals surface area contributed by atoms with Crippen LogP contribution in [0.5, 0.6) is 5.75 Å². The molecule has 0 bridgehead atoms. The summed E-state index contributed by atoms with van der Waals surface area (Å²) in [5.74, 6) is 1.14. The van der Waals surface area contributed by atoms with Crippen LogP contribution in [0, 0.1) is 0 Å². The third kappa shape index (κ3) is 3.45. The molecule has 0 aliphatic rings. The Morgan fingerprint density at radius 3 is 2.52 bits per heavy atom. The molecule has 5 heteroatoms. The highest BCUT2D eigenvalue weighted by atomic mass is 16.5. The maximum atomic E-state index is 11.9. The van der Waals surface area contributed by atoms with Gasteiger partial charge < -0.3 is 19.8 Å². The average molecular weight is 338 g/mol. The quantitative estimate of drug-likeness (QED) is 0.700. The van der Waals surface area contributed by atoms with Gasteiger partial charge in [-0.3, -0.25) is 4.79 Å². The van der Waals surface area contributed by atoms with E-state index in [1.54, 1.807) is 14.0 Å². The molecule has 2 N–H and O–H groups in total. The van der Waals surface area contributed by atoms with Crippen LogP contribution >= 0.6 is 0 Å². The van der Waals surface area contributed by atoms with Crippen molar-refractivity contribution in [2.45, 2.75) is 19.9 Å². The summed E-state index contributed by atoms with van der Waals surface area (Å²) in [5, 5.41) is 1.06. The van der Waals surface area contributed by atoms with E-state index < -0.39 is 0 Å². The molecule has 0 fully saturated rings. The summed E-state index contributed by atoms with van der Waals surface area (Å²) >= 11 is 0. The second kappa shape index (κ2) is 7.30. The van der Waals surface area contributed by atoms with Gasteiger partial charge in [0, 0.05) is 17.4 Å². The van der Waals surface area contributed by atoms with Gasteiger partial charge in [-0.2, -0.15) is 0 Å². The molecule has 2 aromatic carbocycles. The third-order valence-corrected chi connectivity index (χ3v) is 4.25. The van der Waals surface area contributed by atoms with Crippen LogP contribution in [0.3, 0.4) is 0 Å². The molecule has 0 aliphatic heterocycles. The van der Waals surface area contributed by atoms with Gasteiger partial charge in [0.25, 0.3) is 0 Å². The lowest BCUT2D eigenvalue weighted by atomic mass is 10.0. The van der Waals surface area contributed by atoms with Gasteiger partial charge in [0.15, 0.2) is 0 Å². The molecule has 0 amide bonds.